The van der Waals surface area contributed by atoms with Gasteiger partial charge in [-0.15, -0.1) is 0 Å². The summed E-state index contributed by atoms with van der Waals surface area (Å²) in [5, 5.41) is 9.26. The first-order valence-corrected chi connectivity index (χ1v) is 4.84. The van der Waals surface area contributed by atoms with Crippen molar-refractivity contribution in [3.05, 3.63) is 29.6 Å². The molecule has 0 saturated heterocycles. The minimum absolute atomic E-state index is 0.272. The van der Waals surface area contributed by atoms with Crippen molar-refractivity contribution >= 4 is 0 Å². The normalized spacial score (nSPS) is 18.6. The smallest absolute Gasteiger partial charge is 0.0502 e. The van der Waals surface area contributed by atoms with Crippen molar-refractivity contribution in [1.82, 2.24) is 4.98 Å². The van der Waals surface area contributed by atoms with E-state index in [2.05, 4.69) is 11.1 Å². The molecule has 0 amide bonds. The number of nitrogens with zero attached hydrogens (tertiary/aromatic N) is 1. The van der Waals surface area contributed by atoms with E-state index in [0.717, 1.165) is 5.69 Å². The Kier molecular flexibility index (Phi) is 2.32. The van der Waals surface area contributed by atoms with Crippen LogP contribution < -0.4 is 0 Å². The summed E-state index contributed by atoms with van der Waals surface area (Å²) in [4.78, 5) is 4.15. The van der Waals surface area contributed by atoms with Crippen LogP contribution in [-0.2, 0) is 0 Å². The van der Waals surface area contributed by atoms with Gasteiger partial charge in [-0.05, 0) is 43.4 Å². The molecular weight excluding hydrogens is 162 g/mol. The quantitative estimate of drug-likeness (QED) is 0.764. The molecule has 13 heavy (non-hydrogen) atoms. The van der Waals surface area contributed by atoms with Gasteiger partial charge in [-0.25, -0.2) is 0 Å². The van der Waals surface area contributed by atoms with E-state index in [4.69, 9.17) is 0 Å². The zero-order chi connectivity index (χ0) is 9.26. The zero-order valence-electron chi connectivity index (χ0n) is 7.90. The van der Waals surface area contributed by atoms with Gasteiger partial charge in [-0.2, -0.15) is 0 Å². The van der Waals surface area contributed by atoms with Gasteiger partial charge < -0.3 is 5.11 Å². The summed E-state index contributed by atoms with van der Waals surface area (Å²) in [5.41, 5.74) is 2.29. The van der Waals surface area contributed by atoms with Crippen LogP contribution in [0.3, 0.4) is 0 Å². The van der Waals surface area contributed by atoms with Crippen LogP contribution in [0.15, 0.2) is 18.3 Å². The third-order valence-corrected chi connectivity index (χ3v) is 2.74. The van der Waals surface area contributed by atoms with E-state index in [1.54, 1.807) is 0 Å². The molecule has 1 fully saturated rings. The third-order valence-electron chi connectivity index (χ3n) is 2.74. The number of aliphatic hydroxyl groups is 1. The Morgan fingerprint density at radius 2 is 2.38 bits per heavy atom. The van der Waals surface area contributed by atoms with E-state index in [9.17, 15) is 5.11 Å². The number of aryl methyl sites for hydroxylation is 1. The van der Waals surface area contributed by atoms with Crippen LogP contribution in [0.4, 0.5) is 0 Å². The van der Waals surface area contributed by atoms with E-state index < -0.39 is 0 Å². The Labute approximate surface area is 78.6 Å². The molecule has 2 rings (SSSR count). The third kappa shape index (κ3) is 1.89. The van der Waals surface area contributed by atoms with Crippen LogP contribution >= 0.6 is 0 Å². The average Bonchev–Trinajstić information content (AvgIpc) is 2.90. The Morgan fingerprint density at radius 1 is 1.62 bits per heavy atom. The largest absolute Gasteiger partial charge is 0.396 e. The molecule has 1 N–H and O–H groups in total. The molecule has 1 aliphatic rings. The summed E-state index contributed by atoms with van der Waals surface area (Å²) in [6.07, 6.45) is 4.37. The molecule has 0 radical (unpaired) electrons. The van der Waals surface area contributed by atoms with Gasteiger partial charge in [0.15, 0.2) is 0 Å². The summed E-state index contributed by atoms with van der Waals surface area (Å²) >= 11 is 0. The van der Waals surface area contributed by atoms with E-state index in [1.807, 2.05) is 19.2 Å². The SMILES string of the molecule is Cc1cc([C@@H](CO)C2CC2)ccn1. The van der Waals surface area contributed by atoms with E-state index in [1.165, 1.54) is 18.4 Å². The molecule has 0 spiro atoms. The monoisotopic (exact) mass is 177 g/mol. The number of aromatic nitrogens is 1. The molecule has 1 aliphatic carbocycles. The van der Waals surface area contributed by atoms with E-state index in [0.29, 0.717) is 11.8 Å². The van der Waals surface area contributed by atoms with Crippen LogP contribution in [0.25, 0.3) is 0 Å². The molecule has 2 nitrogen and oxygen atoms in total. The van der Waals surface area contributed by atoms with Crippen LogP contribution in [0.5, 0.6) is 0 Å². The van der Waals surface area contributed by atoms with E-state index in [-0.39, 0.29) is 6.61 Å². The topological polar surface area (TPSA) is 33.1 Å². The molecule has 70 valence electrons. The van der Waals surface area contributed by atoms with Crippen molar-refractivity contribution in [1.29, 1.82) is 0 Å². The van der Waals surface area contributed by atoms with Gasteiger partial charge in [0, 0.05) is 17.8 Å². The maximum absolute atomic E-state index is 9.26. The van der Waals surface area contributed by atoms with Crippen molar-refractivity contribution in [3.63, 3.8) is 0 Å². The van der Waals surface area contributed by atoms with Crippen molar-refractivity contribution in [2.24, 2.45) is 5.92 Å². The first kappa shape index (κ1) is 8.70. The predicted molar refractivity (Wildman–Crippen MR) is 51.5 cm³/mol. The lowest BCUT2D eigenvalue weighted by Crippen LogP contribution is -2.06. The summed E-state index contributed by atoms with van der Waals surface area (Å²) in [6.45, 7) is 2.26. The molecule has 2 heteroatoms. The van der Waals surface area contributed by atoms with Crippen LogP contribution in [-0.4, -0.2) is 16.7 Å². The van der Waals surface area contributed by atoms with Crippen molar-refractivity contribution in [2.75, 3.05) is 6.61 Å². The second-order valence-corrected chi connectivity index (χ2v) is 3.86. The number of aliphatic hydroxyl groups excluding tert-OH is 1. The lowest BCUT2D eigenvalue weighted by Gasteiger charge is -2.13. The molecule has 0 aliphatic heterocycles. The average molecular weight is 177 g/mol. The lowest BCUT2D eigenvalue weighted by molar-refractivity contribution is 0.253. The molecule has 1 aromatic heterocycles. The molecule has 1 saturated carbocycles. The van der Waals surface area contributed by atoms with Gasteiger partial charge in [0.2, 0.25) is 0 Å². The minimum atomic E-state index is 0.272. The van der Waals surface area contributed by atoms with Gasteiger partial charge in [0.25, 0.3) is 0 Å². The fourth-order valence-electron chi connectivity index (χ4n) is 1.82. The summed E-state index contributed by atoms with van der Waals surface area (Å²) < 4.78 is 0. The Hall–Kier alpha value is -0.890. The molecule has 0 bridgehead atoms. The fourth-order valence-corrected chi connectivity index (χ4v) is 1.82. The van der Waals surface area contributed by atoms with Gasteiger partial charge >= 0.3 is 0 Å². The zero-order valence-corrected chi connectivity index (χ0v) is 7.90. The maximum atomic E-state index is 9.26. The Morgan fingerprint density at radius 3 is 2.92 bits per heavy atom. The van der Waals surface area contributed by atoms with Crippen LogP contribution in [0, 0.1) is 12.8 Å². The highest BCUT2D eigenvalue weighted by molar-refractivity contribution is 5.22. The van der Waals surface area contributed by atoms with E-state index >= 15 is 0 Å². The highest BCUT2D eigenvalue weighted by Gasteiger charge is 2.31. The fraction of sp³-hybridized carbons (Fsp3) is 0.545. The first-order chi connectivity index (χ1) is 6.31. The standard InChI is InChI=1S/C11H15NO/c1-8-6-10(4-5-12-8)11(7-13)9-2-3-9/h4-6,9,11,13H,2-3,7H2,1H3/t11-/m0/s1. The number of hydrogen-bond donors (Lipinski definition) is 1. The van der Waals surface area contributed by atoms with Gasteiger partial charge in [0.05, 0.1) is 6.61 Å². The highest BCUT2D eigenvalue weighted by Crippen LogP contribution is 2.42. The number of hydrogen-bond acceptors (Lipinski definition) is 2. The van der Waals surface area contributed by atoms with Crippen molar-refractivity contribution in [2.45, 2.75) is 25.7 Å². The summed E-state index contributed by atoms with van der Waals surface area (Å²) in [6, 6.07) is 4.10. The summed E-state index contributed by atoms with van der Waals surface area (Å²) in [5.74, 6) is 1.06. The van der Waals surface area contributed by atoms with Gasteiger partial charge in [0.1, 0.15) is 0 Å². The second kappa shape index (κ2) is 3.46. The van der Waals surface area contributed by atoms with Crippen molar-refractivity contribution in [3.8, 4) is 0 Å². The molecular formula is C11H15NO. The molecule has 0 aromatic carbocycles. The molecule has 1 heterocycles. The maximum Gasteiger partial charge on any atom is 0.0502 e. The Balaban J connectivity index is 2.21. The second-order valence-electron chi connectivity index (χ2n) is 3.86. The van der Waals surface area contributed by atoms with Gasteiger partial charge in [-0.3, -0.25) is 4.98 Å². The van der Waals surface area contributed by atoms with Crippen LogP contribution in [0.1, 0.15) is 30.0 Å². The predicted octanol–water partition coefficient (Wildman–Crippen LogP) is 1.88. The van der Waals surface area contributed by atoms with Crippen LogP contribution in [0.2, 0.25) is 0 Å². The number of pyridine rings is 1. The summed E-state index contributed by atoms with van der Waals surface area (Å²) in [7, 11) is 0. The first-order valence-electron chi connectivity index (χ1n) is 4.84. The minimum Gasteiger partial charge on any atom is -0.396 e. The van der Waals surface area contributed by atoms with Crippen molar-refractivity contribution < 1.29 is 5.11 Å². The molecule has 1 atom stereocenters. The number of rotatable bonds is 3. The highest BCUT2D eigenvalue weighted by atomic mass is 16.3. The Bertz CT molecular complexity index is 294. The van der Waals surface area contributed by atoms with Gasteiger partial charge in [-0.1, -0.05) is 0 Å². The molecule has 1 aromatic rings. The molecule has 0 unspecified atom stereocenters. The lowest BCUT2D eigenvalue weighted by atomic mass is 9.95.